The SMILES string of the molecule is CC(C)[C@H](NC(=O)CCC(=O)O)C1=NOC(C)(C(=O)N[C@@H](CC(=O)O)C(=O)COc2ccc3ccccc3c2)C1.CC(C)[C@H](NC(=O)CCC(=O)O)C1=NOC(C)(C(=O)N[C@@H](CC(=O)O)C(=O)COc2ccccc2)C1. The first-order chi connectivity index (χ1) is 35.8. The van der Waals surface area contributed by atoms with Gasteiger partial charge >= 0.3 is 23.9 Å². The zero-order chi connectivity index (χ0) is 56.3. The number of rotatable bonds is 28. The van der Waals surface area contributed by atoms with E-state index in [4.69, 9.17) is 29.4 Å². The molecule has 24 nitrogen and oxygen atoms in total. The first kappa shape index (κ1) is 60.1. The monoisotopic (exact) mass is 1060 g/mol. The van der Waals surface area contributed by atoms with Crippen molar-refractivity contribution in [3.8, 4) is 11.5 Å². The number of oxime groups is 2. The predicted molar refractivity (Wildman–Crippen MR) is 270 cm³/mol. The Hall–Kier alpha value is -8.44. The third-order valence-corrected chi connectivity index (χ3v) is 11.9. The molecule has 8 N–H and O–H groups in total. The van der Waals surface area contributed by atoms with Crippen LogP contribution in [0, 0.1) is 11.8 Å². The predicted octanol–water partition coefficient (Wildman–Crippen LogP) is 3.42. The molecule has 3 aromatic rings. The van der Waals surface area contributed by atoms with Crippen molar-refractivity contribution in [2.75, 3.05) is 13.2 Å². The number of carboxylic acids is 4. The van der Waals surface area contributed by atoms with E-state index in [-0.39, 0.29) is 50.4 Å². The van der Waals surface area contributed by atoms with Crippen LogP contribution in [0.2, 0.25) is 0 Å². The third kappa shape index (κ3) is 18.5. The van der Waals surface area contributed by atoms with Crippen molar-refractivity contribution in [2.24, 2.45) is 22.1 Å². The highest BCUT2D eigenvalue weighted by Gasteiger charge is 2.47. The minimum atomic E-state index is -1.56. The molecule has 0 aliphatic carbocycles. The van der Waals surface area contributed by atoms with Crippen molar-refractivity contribution in [3.05, 3.63) is 72.8 Å². The summed E-state index contributed by atoms with van der Waals surface area (Å²) in [5.41, 5.74) is -2.40. The summed E-state index contributed by atoms with van der Waals surface area (Å²) in [6.07, 6.45) is -2.47. The zero-order valence-electron chi connectivity index (χ0n) is 42.9. The molecular weight excluding hydrogens is 997 g/mol. The number of ether oxygens (including phenoxy) is 2. The highest BCUT2D eigenvalue weighted by Crippen LogP contribution is 2.29. The lowest BCUT2D eigenvalue weighted by molar-refractivity contribution is -0.146. The van der Waals surface area contributed by atoms with E-state index in [9.17, 15) is 58.2 Å². The summed E-state index contributed by atoms with van der Waals surface area (Å²) in [5.74, 6) is -8.00. The van der Waals surface area contributed by atoms with Crippen LogP contribution in [-0.2, 0) is 57.6 Å². The molecule has 2 unspecified atom stereocenters. The Morgan fingerprint density at radius 1 is 0.526 bits per heavy atom. The second-order valence-electron chi connectivity index (χ2n) is 19.1. The van der Waals surface area contributed by atoms with Gasteiger partial charge in [-0.15, -0.1) is 0 Å². The number of benzene rings is 3. The van der Waals surface area contributed by atoms with Crippen molar-refractivity contribution >= 4 is 81.3 Å². The van der Waals surface area contributed by atoms with E-state index in [0.29, 0.717) is 22.9 Å². The van der Waals surface area contributed by atoms with Gasteiger partial charge in [-0.25, -0.2) is 0 Å². The number of carbonyl (C=O) groups excluding carboxylic acids is 6. The Labute approximate surface area is 436 Å². The van der Waals surface area contributed by atoms with Gasteiger partial charge in [0.1, 0.15) is 36.8 Å². The number of amides is 4. The van der Waals surface area contributed by atoms with Crippen molar-refractivity contribution in [1.82, 2.24) is 21.3 Å². The molecule has 6 atom stereocenters. The van der Waals surface area contributed by atoms with E-state index in [0.717, 1.165) is 10.8 Å². The number of nitrogens with one attached hydrogen (secondary N) is 4. The van der Waals surface area contributed by atoms with Crippen molar-refractivity contribution in [3.63, 3.8) is 0 Å². The fourth-order valence-electron chi connectivity index (χ4n) is 7.66. The first-order valence-corrected chi connectivity index (χ1v) is 24.2. The molecule has 0 fully saturated rings. The van der Waals surface area contributed by atoms with Crippen LogP contribution in [0.4, 0.5) is 0 Å². The van der Waals surface area contributed by atoms with E-state index in [1.165, 1.54) is 13.8 Å². The maximum Gasteiger partial charge on any atom is 0.305 e. The summed E-state index contributed by atoms with van der Waals surface area (Å²) in [5, 5.41) is 56.3. The smallest absolute Gasteiger partial charge is 0.305 e. The molecule has 0 saturated heterocycles. The summed E-state index contributed by atoms with van der Waals surface area (Å²) < 4.78 is 11.0. The summed E-state index contributed by atoms with van der Waals surface area (Å²) in [6, 6.07) is 17.4. The second-order valence-corrected chi connectivity index (χ2v) is 19.1. The van der Waals surface area contributed by atoms with Gasteiger partial charge in [0.05, 0.1) is 49.2 Å². The van der Waals surface area contributed by atoms with Crippen LogP contribution in [0.1, 0.15) is 92.9 Å². The summed E-state index contributed by atoms with van der Waals surface area (Å²) in [4.78, 5) is 131. The van der Waals surface area contributed by atoms with Crippen LogP contribution in [0.15, 0.2) is 83.1 Å². The van der Waals surface area contributed by atoms with Crippen LogP contribution in [-0.4, -0.2) is 140 Å². The molecule has 3 aromatic carbocycles. The minimum Gasteiger partial charge on any atom is -0.486 e. The molecule has 5 rings (SSSR count). The fraction of sp³-hybridized carbons (Fsp3) is 0.462. The van der Waals surface area contributed by atoms with E-state index in [2.05, 4.69) is 31.6 Å². The third-order valence-electron chi connectivity index (χ3n) is 11.9. The van der Waals surface area contributed by atoms with E-state index < -0.39 is 120 Å². The van der Waals surface area contributed by atoms with Crippen molar-refractivity contribution in [1.29, 1.82) is 0 Å². The average Bonchev–Trinajstić information content (AvgIpc) is 3.97. The van der Waals surface area contributed by atoms with Gasteiger partial charge in [-0.05, 0) is 60.7 Å². The van der Waals surface area contributed by atoms with Gasteiger partial charge in [0.15, 0.2) is 11.6 Å². The van der Waals surface area contributed by atoms with Gasteiger partial charge in [-0.1, -0.05) is 86.5 Å². The number of hydrogen-bond donors (Lipinski definition) is 8. The largest absolute Gasteiger partial charge is 0.486 e. The number of para-hydroxylation sites is 1. The molecule has 0 bridgehead atoms. The second kappa shape index (κ2) is 27.7. The van der Waals surface area contributed by atoms with Gasteiger partial charge in [0, 0.05) is 25.7 Å². The summed E-state index contributed by atoms with van der Waals surface area (Å²) >= 11 is 0. The summed E-state index contributed by atoms with van der Waals surface area (Å²) in [6.45, 7) is 9.23. The van der Waals surface area contributed by atoms with Crippen LogP contribution in [0.25, 0.3) is 10.8 Å². The van der Waals surface area contributed by atoms with Gasteiger partial charge < -0.3 is 60.8 Å². The quantitative estimate of drug-likeness (QED) is 0.0516. The highest BCUT2D eigenvalue weighted by molar-refractivity contribution is 6.03. The zero-order valence-corrected chi connectivity index (χ0v) is 42.9. The van der Waals surface area contributed by atoms with Gasteiger partial charge in [-0.3, -0.25) is 47.9 Å². The lowest BCUT2D eigenvalue weighted by atomic mass is 9.90. The first-order valence-electron chi connectivity index (χ1n) is 24.2. The lowest BCUT2D eigenvalue weighted by Crippen LogP contribution is -2.53. The molecule has 2 aliphatic heterocycles. The molecule has 2 heterocycles. The number of fused-ring (bicyclic) bond motifs is 1. The standard InChI is InChI=1S/C28H33N3O9.C24H31N3O9/c1-16(2)26(30-23(33)10-11-24(34)35)21-14-28(3,40-31-21)27(38)29-20(13-25(36)37)22(32)15-39-19-9-8-17-6-4-5-7-18(17)12-19;1-14(2)22(26-19(29)9-10-20(30)31)17-12-24(3,36-27-17)23(34)25-16(11-21(32)33)18(28)13-35-15-7-5-4-6-8-15/h4-9,12,16,20,26H,10-11,13-15H2,1-3H3,(H,29,38)(H,30,33)(H,34,35)(H,36,37);4-8,14,16,22H,9-13H2,1-3H3,(H,25,34)(H,26,29)(H,30,31)(H,32,33)/t20-,26-,28?;16-,22-,24?/m00/s1. The highest BCUT2D eigenvalue weighted by atomic mass is 16.7. The Morgan fingerprint density at radius 3 is 1.34 bits per heavy atom. The molecule has 0 radical (unpaired) electrons. The minimum absolute atomic E-state index is 0.0324. The Morgan fingerprint density at radius 2 is 0.934 bits per heavy atom. The van der Waals surface area contributed by atoms with Crippen LogP contribution in [0.5, 0.6) is 11.5 Å². The number of nitrogens with zero attached hydrogens (tertiary/aromatic N) is 2. The molecule has 0 saturated carbocycles. The van der Waals surface area contributed by atoms with Crippen molar-refractivity contribution in [2.45, 2.75) is 128 Å². The van der Waals surface area contributed by atoms with Gasteiger partial charge in [0.2, 0.25) is 23.0 Å². The number of Topliss-reactive ketones (excluding diaryl/α,β-unsaturated/α-hetero) is 2. The van der Waals surface area contributed by atoms with E-state index in [1.54, 1.807) is 42.5 Å². The fourth-order valence-corrected chi connectivity index (χ4v) is 7.66. The summed E-state index contributed by atoms with van der Waals surface area (Å²) in [7, 11) is 0. The molecular formula is C52H64N6O18. The maximum absolute atomic E-state index is 13.2. The topological polar surface area (TPSA) is 361 Å². The number of hydrogen-bond acceptors (Lipinski definition) is 16. The lowest BCUT2D eigenvalue weighted by Gasteiger charge is -2.25. The van der Waals surface area contributed by atoms with Crippen LogP contribution >= 0.6 is 0 Å². The normalized spacial score (nSPS) is 18.1. The van der Waals surface area contributed by atoms with Crippen LogP contribution in [0.3, 0.4) is 0 Å². The molecule has 76 heavy (non-hydrogen) atoms. The maximum atomic E-state index is 13.2. The number of carboxylic acid groups (broad SMARTS) is 4. The molecule has 0 spiro atoms. The van der Waals surface area contributed by atoms with Gasteiger partial charge in [0.25, 0.3) is 11.8 Å². The Kier molecular flexibility index (Phi) is 21.9. The molecule has 2 aliphatic rings. The molecule has 24 heteroatoms. The molecule has 0 aromatic heterocycles. The number of carbonyl (C=O) groups is 10. The van der Waals surface area contributed by atoms with Crippen LogP contribution < -0.4 is 30.7 Å². The number of ketones is 2. The average molecular weight is 1060 g/mol. The van der Waals surface area contributed by atoms with E-state index >= 15 is 0 Å². The Balaban J connectivity index is 0.000000330. The Bertz CT molecular complexity index is 2690. The number of aliphatic carboxylic acids is 4. The van der Waals surface area contributed by atoms with E-state index in [1.807, 2.05) is 58.0 Å². The van der Waals surface area contributed by atoms with Crippen molar-refractivity contribution < 1.29 is 87.5 Å². The van der Waals surface area contributed by atoms with Gasteiger partial charge in [-0.2, -0.15) is 0 Å². The molecule has 410 valence electrons. The molecule has 4 amide bonds.